The normalized spacial score (nSPS) is 17.8. The summed E-state index contributed by atoms with van der Waals surface area (Å²) in [6, 6.07) is 4.64. The molecule has 0 heterocycles. The summed E-state index contributed by atoms with van der Waals surface area (Å²) in [6.45, 7) is -0.0987. The Labute approximate surface area is 117 Å². The molecule has 1 fully saturated rings. The molecule has 1 aromatic rings. The number of anilines is 1. The molecule has 0 aliphatic heterocycles. The van der Waals surface area contributed by atoms with Crippen LogP contribution in [0.25, 0.3) is 0 Å². The van der Waals surface area contributed by atoms with Gasteiger partial charge in [-0.25, -0.2) is 0 Å². The number of alkyl halides is 3. The van der Waals surface area contributed by atoms with E-state index in [0.29, 0.717) is 5.69 Å². The fourth-order valence-corrected chi connectivity index (χ4v) is 2.77. The van der Waals surface area contributed by atoms with Crippen LogP contribution in [0.2, 0.25) is 0 Å². The summed E-state index contributed by atoms with van der Waals surface area (Å²) in [5.74, 6) is 0. The van der Waals surface area contributed by atoms with Gasteiger partial charge in [-0.05, 0) is 30.5 Å². The molecule has 5 heteroatoms. The van der Waals surface area contributed by atoms with Crippen LogP contribution < -0.4 is 11.1 Å². The van der Waals surface area contributed by atoms with E-state index in [2.05, 4.69) is 5.32 Å². The molecule has 1 aliphatic carbocycles. The number of rotatable bonds is 3. The molecule has 112 valence electrons. The molecule has 0 aromatic heterocycles. The second-order valence-corrected chi connectivity index (χ2v) is 5.41. The van der Waals surface area contributed by atoms with Gasteiger partial charge < -0.3 is 11.1 Å². The maximum absolute atomic E-state index is 13.0. The van der Waals surface area contributed by atoms with Crippen molar-refractivity contribution >= 4 is 5.69 Å². The molecular weight excluding hydrogens is 265 g/mol. The van der Waals surface area contributed by atoms with E-state index in [-0.39, 0.29) is 18.2 Å². The molecule has 0 radical (unpaired) electrons. The second-order valence-electron chi connectivity index (χ2n) is 5.41. The number of hydrogen-bond acceptors (Lipinski definition) is 2. The molecule has 0 unspecified atom stereocenters. The lowest BCUT2D eigenvalue weighted by atomic mass is 10.0. The number of hydrogen-bond donors (Lipinski definition) is 2. The zero-order valence-corrected chi connectivity index (χ0v) is 11.5. The van der Waals surface area contributed by atoms with Crippen molar-refractivity contribution in [3.8, 4) is 0 Å². The number of nitrogens with two attached hydrogens (primary N) is 1. The van der Waals surface area contributed by atoms with Crippen LogP contribution >= 0.6 is 0 Å². The lowest BCUT2D eigenvalue weighted by Gasteiger charge is -2.20. The Morgan fingerprint density at radius 2 is 1.75 bits per heavy atom. The Morgan fingerprint density at radius 3 is 2.30 bits per heavy atom. The Morgan fingerprint density at radius 1 is 1.10 bits per heavy atom. The van der Waals surface area contributed by atoms with Crippen LogP contribution in [0, 0.1) is 0 Å². The molecule has 1 aromatic carbocycles. The predicted octanol–water partition coefficient (Wildman–Crippen LogP) is 4.30. The van der Waals surface area contributed by atoms with Crippen LogP contribution in [0.15, 0.2) is 18.2 Å². The van der Waals surface area contributed by atoms with Gasteiger partial charge in [-0.15, -0.1) is 0 Å². The first-order chi connectivity index (χ1) is 9.50. The minimum absolute atomic E-state index is 0.0987. The summed E-state index contributed by atoms with van der Waals surface area (Å²) in [6.07, 6.45) is 2.43. The van der Waals surface area contributed by atoms with Crippen LogP contribution in [0.3, 0.4) is 0 Å². The highest BCUT2D eigenvalue weighted by Gasteiger charge is 2.33. The molecule has 20 heavy (non-hydrogen) atoms. The molecule has 2 rings (SSSR count). The van der Waals surface area contributed by atoms with Gasteiger partial charge in [-0.1, -0.05) is 31.7 Å². The molecular formula is C15H21F3N2. The van der Waals surface area contributed by atoms with Crippen molar-refractivity contribution in [3.63, 3.8) is 0 Å². The van der Waals surface area contributed by atoms with Gasteiger partial charge >= 0.3 is 6.18 Å². The van der Waals surface area contributed by atoms with E-state index in [1.165, 1.54) is 25.0 Å². The average Bonchev–Trinajstić information content (AvgIpc) is 2.66. The van der Waals surface area contributed by atoms with Crippen molar-refractivity contribution in [1.82, 2.24) is 0 Å². The van der Waals surface area contributed by atoms with E-state index >= 15 is 0 Å². The van der Waals surface area contributed by atoms with E-state index in [9.17, 15) is 13.2 Å². The summed E-state index contributed by atoms with van der Waals surface area (Å²) >= 11 is 0. The zero-order valence-electron chi connectivity index (χ0n) is 11.5. The van der Waals surface area contributed by atoms with Gasteiger partial charge in [0.25, 0.3) is 0 Å². The number of benzene rings is 1. The topological polar surface area (TPSA) is 38.0 Å². The number of nitrogens with one attached hydrogen (secondary N) is 1. The summed E-state index contributed by atoms with van der Waals surface area (Å²) in [5, 5.41) is 3.24. The first kappa shape index (κ1) is 15.2. The van der Waals surface area contributed by atoms with E-state index in [4.69, 9.17) is 5.73 Å². The molecule has 3 N–H and O–H groups in total. The Hall–Kier alpha value is -1.23. The summed E-state index contributed by atoms with van der Waals surface area (Å²) in [5.41, 5.74) is 5.44. The lowest BCUT2D eigenvalue weighted by Crippen LogP contribution is -2.19. The maximum atomic E-state index is 13.0. The van der Waals surface area contributed by atoms with Gasteiger partial charge in [0.05, 0.1) is 5.56 Å². The minimum Gasteiger partial charge on any atom is -0.382 e. The summed E-state index contributed by atoms with van der Waals surface area (Å²) < 4.78 is 38.9. The fraction of sp³-hybridized carbons (Fsp3) is 0.600. The van der Waals surface area contributed by atoms with Crippen LogP contribution in [-0.2, 0) is 12.7 Å². The Bertz CT molecular complexity index is 435. The zero-order chi connectivity index (χ0) is 14.6. The monoisotopic (exact) mass is 286 g/mol. The molecule has 0 saturated heterocycles. The third-order valence-corrected chi connectivity index (χ3v) is 3.86. The van der Waals surface area contributed by atoms with Gasteiger partial charge in [0.15, 0.2) is 0 Å². The molecule has 0 bridgehead atoms. The SMILES string of the molecule is NCc1ccc(NC2CCCCCC2)cc1C(F)(F)F. The number of halogens is 3. The third kappa shape index (κ3) is 3.88. The minimum atomic E-state index is -4.35. The van der Waals surface area contributed by atoms with Crippen molar-refractivity contribution in [2.45, 2.75) is 57.3 Å². The van der Waals surface area contributed by atoms with E-state index in [1.807, 2.05) is 0 Å². The van der Waals surface area contributed by atoms with Crippen LogP contribution in [0.5, 0.6) is 0 Å². The van der Waals surface area contributed by atoms with E-state index < -0.39 is 11.7 Å². The second kappa shape index (κ2) is 6.48. The molecule has 0 amide bonds. The molecule has 0 spiro atoms. The highest BCUT2D eigenvalue weighted by atomic mass is 19.4. The highest BCUT2D eigenvalue weighted by Crippen LogP contribution is 2.34. The maximum Gasteiger partial charge on any atom is 0.416 e. The van der Waals surface area contributed by atoms with E-state index in [1.54, 1.807) is 6.07 Å². The average molecular weight is 286 g/mol. The largest absolute Gasteiger partial charge is 0.416 e. The van der Waals surface area contributed by atoms with E-state index in [0.717, 1.165) is 25.7 Å². The molecule has 1 saturated carbocycles. The van der Waals surface area contributed by atoms with Crippen LogP contribution in [-0.4, -0.2) is 6.04 Å². The smallest absolute Gasteiger partial charge is 0.382 e. The summed E-state index contributed by atoms with van der Waals surface area (Å²) in [7, 11) is 0. The lowest BCUT2D eigenvalue weighted by molar-refractivity contribution is -0.138. The van der Waals surface area contributed by atoms with Crippen LogP contribution in [0.1, 0.15) is 49.7 Å². The van der Waals surface area contributed by atoms with Gasteiger partial charge in [-0.3, -0.25) is 0 Å². The Kier molecular flexibility index (Phi) is 4.91. The third-order valence-electron chi connectivity index (χ3n) is 3.86. The summed E-state index contributed by atoms with van der Waals surface area (Å²) in [4.78, 5) is 0. The van der Waals surface area contributed by atoms with Crippen molar-refractivity contribution in [1.29, 1.82) is 0 Å². The standard InChI is InChI=1S/C15H21F3N2/c16-15(17,18)14-9-13(8-7-11(14)10-19)20-12-5-3-1-2-4-6-12/h7-9,12,20H,1-6,10,19H2. The van der Waals surface area contributed by atoms with Gasteiger partial charge in [-0.2, -0.15) is 13.2 Å². The molecule has 1 aliphatic rings. The molecule has 2 nitrogen and oxygen atoms in total. The highest BCUT2D eigenvalue weighted by molar-refractivity contribution is 5.50. The molecule has 0 atom stereocenters. The van der Waals surface area contributed by atoms with Crippen molar-refractivity contribution < 1.29 is 13.2 Å². The Balaban J connectivity index is 2.16. The van der Waals surface area contributed by atoms with Gasteiger partial charge in [0.2, 0.25) is 0 Å². The van der Waals surface area contributed by atoms with Crippen molar-refractivity contribution in [2.24, 2.45) is 5.73 Å². The van der Waals surface area contributed by atoms with Crippen molar-refractivity contribution in [2.75, 3.05) is 5.32 Å². The quantitative estimate of drug-likeness (QED) is 0.813. The first-order valence-corrected chi connectivity index (χ1v) is 7.17. The van der Waals surface area contributed by atoms with Gasteiger partial charge in [0, 0.05) is 18.3 Å². The van der Waals surface area contributed by atoms with Gasteiger partial charge in [0.1, 0.15) is 0 Å². The predicted molar refractivity (Wildman–Crippen MR) is 74.4 cm³/mol. The fourth-order valence-electron chi connectivity index (χ4n) is 2.77. The van der Waals surface area contributed by atoms with Crippen LogP contribution in [0.4, 0.5) is 18.9 Å². The first-order valence-electron chi connectivity index (χ1n) is 7.17. The van der Waals surface area contributed by atoms with Crippen molar-refractivity contribution in [3.05, 3.63) is 29.3 Å².